The zero-order chi connectivity index (χ0) is 18.5. The van der Waals surface area contributed by atoms with Crippen molar-refractivity contribution >= 4 is 22.6 Å². The van der Waals surface area contributed by atoms with Crippen LogP contribution in [0.4, 0.5) is 0 Å². The first-order valence-corrected chi connectivity index (χ1v) is 8.86. The molecule has 2 amide bonds. The second-order valence-corrected chi connectivity index (χ2v) is 6.37. The lowest BCUT2D eigenvalue weighted by Crippen LogP contribution is -2.51. The first-order valence-electron chi connectivity index (χ1n) is 8.86. The fourth-order valence-corrected chi connectivity index (χ4v) is 3.06. The molecule has 1 aliphatic rings. The molecule has 8 heteroatoms. The number of aromatic amines is 1. The molecule has 138 valence electrons. The molecule has 2 N–H and O–H groups in total. The van der Waals surface area contributed by atoms with Gasteiger partial charge in [-0.3, -0.25) is 19.3 Å². The van der Waals surface area contributed by atoms with Gasteiger partial charge in [0.2, 0.25) is 5.91 Å². The predicted octanol–water partition coefficient (Wildman–Crippen LogP) is 0.207. The Balaban J connectivity index is 1.65. The van der Waals surface area contributed by atoms with E-state index in [0.717, 1.165) is 6.42 Å². The topological polar surface area (TPSA) is 98.4 Å². The molecule has 26 heavy (non-hydrogen) atoms. The van der Waals surface area contributed by atoms with Crippen LogP contribution in [0.2, 0.25) is 0 Å². The monoisotopic (exact) mass is 357 g/mol. The Morgan fingerprint density at radius 2 is 1.85 bits per heavy atom. The van der Waals surface area contributed by atoms with E-state index >= 15 is 0 Å². The van der Waals surface area contributed by atoms with E-state index in [9.17, 15) is 14.4 Å². The molecule has 0 saturated carbocycles. The van der Waals surface area contributed by atoms with E-state index in [1.54, 1.807) is 29.2 Å². The van der Waals surface area contributed by atoms with Crippen molar-refractivity contribution in [3.8, 4) is 0 Å². The van der Waals surface area contributed by atoms with Crippen molar-refractivity contribution in [2.45, 2.75) is 13.3 Å². The Morgan fingerprint density at radius 3 is 2.54 bits per heavy atom. The smallest absolute Gasteiger partial charge is 0.275 e. The summed E-state index contributed by atoms with van der Waals surface area (Å²) in [5.74, 6) is -0.188. The number of carbonyl (C=O) groups excluding carboxylic acids is 2. The Morgan fingerprint density at radius 1 is 1.15 bits per heavy atom. The molecule has 1 aromatic heterocycles. The predicted molar refractivity (Wildman–Crippen MR) is 98.0 cm³/mol. The van der Waals surface area contributed by atoms with Gasteiger partial charge in [0.15, 0.2) is 5.69 Å². The molecule has 0 radical (unpaired) electrons. The van der Waals surface area contributed by atoms with Gasteiger partial charge in [0, 0.05) is 38.1 Å². The largest absolute Gasteiger partial charge is 0.355 e. The summed E-state index contributed by atoms with van der Waals surface area (Å²) in [5.41, 5.74) is -0.0469. The standard InChI is InChI=1S/C18H23N5O3/c1-2-7-19-15(24)12-22-8-10-23(11-9-22)18(26)16-13-5-3-4-6-14(13)17(25)21-20-16/h3-6H,2,7-12H2,1H3,(H,19,24)(H,21,25). The molecule has 0 atom stereocenters. The number of hydrogen-bond acceptors (Lipinski definition) is 5. The molecule has 0 unspecified atom stereocenters. The molecular formula is C18H23N5O3. The fourth-order valence-electron chi connectivity index (χ4n) is 3.06. The number of piperazine rings is 1. The summed E-state index contributed by atoms with van der Waals surface area (Å²) in [6, 6.07) is 6.96. The van der Waals surface area contributed by atoms with Crippen molar-refractivity contribution in [3.63, 3.8) is 0 Å². The fraction of sp³-hybridized carbons (Fsp3) is 0.444. The van der Waals surface area contributed by atoms with Crippen LogP contribution >= 0.6 is 0 Å². The average Bonchev–Trinajstić information content (AvgIpc) is 2.67. The minimum atomic E-state index is -0.305. The molecule has 3 rings (SSSR count). The molecule has 0 spiro atoms. The number of carbonyl (C=O) groups is 2. The minimum absolute atomic E-state index is 0.0138. The molecule has 1 saturated heterocycles. The van der Waals surface area contributed by atoms with E-state index in [-0.39, 0.29) is 23.1 Å². The van der Waals surface area contributed by atoms with E-state index in [1.165, 1.54) is 0 Å². The van der Waals surface area contributed by atoms with Crippen LogP contribution in [0.5, 0.6) is 0 Å². The normalized spacial score (nSPS) is 15.2. The number of aromatic nitrogens is 2. The van der Waals surface area contributed by atoms with Crippen molar-refractivity contribution in [3.05, 3.63) is 40.3 Å². The molecule has 1 aliphatic heterocycles. The van der Waals surface area contributed by atoms with Gasteiger partial charge in [-0.1, -0.05) is 25.1 Å². The number of H-pyrrole nitrogens is 1. The molecule has 1 aromatic carbocycles. The summed E-state index contributed by atoms with van der Waals surface area (Å²) in [7, 11) is 0. The van der Waals surface area contributed by atoms with Crippen LogP contribution in [0.25, 0.3) is 10.8 Å². The van der Waals surface area contributed by atoms with Crippen LogP contribution in [-0.4, -0.2) is 71.1 Å². The molecule has 8 nitrogen and oxygen atoms in total. The van der Waals surface area contributed by atoms with Gasteiger partial charge in [-0.25, -0.2) is 5.10 Å². The van der Waals surface area contributed by atoms with E-state index < -0.39 is 0 Å². The zero-order valence-corrected chi connectivity index (χ0v) is 14.8. The van der Waals surface area contributed by atoms with Gasteiger partial charge in [0.05, 0.1) is 11.9 Å². The highest BCUT2D eigenvalue weighted by molar-refractivity contribution is 6.04. The van der Waals surface area contributed by atoms with Gasteiger partial charge in [-0.05, 0) is 12.5 Å². The van der Waals surface area contributed by atoms with E-state index in [2.05, 4.69) is 15.5 Å². The summed E-state index contributed by atoms with van der Waals surface area (Å²) in [6.45, 7) is 5.35. The highest BCUT2D eigenvalue weighted by Crippen LogP contribution is 2.15. The van der Waals surface area contributed by atoms with E-state index in [1.807, 2.05) is 11.8 Å². The lowest BCUT2D eigenvalue weighted by atomic mass is 10.1. The van der Waals surface area contributed by atoms with Gasteiger partial charge in [0.1, 0.15) is 0 Å². The third kappa shape index (κ3) is 3.91. The second-order valence-electron chi connectivity index (χ2n) is 6.37. The summed E-state index contributed by atoms with van der Waals surface area (Å²) in [4.78, 5) is 40.3. The molecule has 0 aliphatic carbocycles. The lowest BCUT2D eigenvalue weighted by Gasteiger charge is -2.34. The highest BCUT2D eigenvalue weighted by atomic mass is 16.2. The molecular weight excluding hydrogens is 334 g/mol. The summed E-state index contributed by atoms with van der Waals surface area (Å²) in [5, 5.41) is 10.3. The van der Waals surface area contributed by atoms with Gasteiger partial charge in [-0.15, -0.1) is 0 Å². The van der Waals surface area contributed by atoms with Crippen molar-refractivity contribution in [1.29, 1.82) is 0 Å². The molecule has 0 bridgehead atoms. The Bertz CT molecular complexity index is 855. The van der Waals surface area contributed by atoms with E-state index in [0.29, 0.717) is 50.0 Å². The molecule has 2 heterocycles. The number of rotatable bonds is 5. The van der Waals surface area contributed by atoms with Gasteiger partial charge in [0.25, 0.3) is 11.5 Å². The van der Waals surface area contributed by atoms with E-state index in [4.69, 9.17) is 0 Å². The second kappa shape index (κ2) is 8.09. The number of fused-ring (bicyclic) bond motifs is 1. The number of amides is 2. The third-order valence-electron chi connectivity index (χ3n) is 4.50. The summed E-state index contributed by atoms with van der Waals surface area (Å²) in [6.07, 6.45) is 0.911. The highest BCUT2D eigenvalue weighted by Gasteiger charge is 2.25. The van der Waals surface area contributed by atoms with Crippen LogP contribution in [0.1, 0.15) is 23.8 Å². The van der Waals surface area contributed by atoms with Gasteiger partial charge >= 0.3 is 0 Å². The minimum Gasteiger partial charge on any atom is -0.355 e. The van der Waals surface area contributed by atoms with Gasteiger partial charge < -0.3 is 10.2 Å². The van der Waals surface area contributed by atoms with Crippen LogP contribution < -0.4 is 10.9 Å². The van der Waals surface area contributed by atoms with Crippen LogP contribution in [0.3, 0.4) is 0 Å². The number of nitrogens with zero attached hydrogens (tertiary/aromatic N) is 3. The number of hydrogen-bond donors (Lipinski definition) is 2. The lowest BCUT2D eigenvalue weighted by molar-refractivity contribution is -0.122. The van der Waals surface area contributed by atoms with Crippen molar-refractivity contribution < 1.29 is 9.59 Å². The molecule has 2 aromatic rings. The maximum absolute atomic E-state index is 12.8. The SMILES string of the molecule is CCCNC(=O)CN1CCN(C(=O)c2n[nH]c(=O)c3ccccc23)CC1. The van der Waals surface area contributed by atoms with Crippen molar-refractivity contribution in [1.82, 2.24) is 25.3 Å². The third-order valence-corrected chi connectivity index (χ3v) is 4.50. The Labute approximate surface area is 151 Å². The summed E-state index contributed by atoms with van der Waals surface area (Å²) >= 11 is 0. The first-order chi connectivity index (χ1) is 12.6. The Kier molecular flexibility index (Phi) is 5.62. The zero-order valence-electron chi connectivity index (χ0n) is 14.8. The van der Waals surface area contributed by atoms with Crippen LogP contribution in [0, 0.1) is 0 Å². The maximum atomic E-state index is 12.8. The Hall–Kier alpha value is -2.74. The number of benzene rings is 1. The molecule has 1 fully saturated rings. The summed E-state index contributed by atoms with van der Waals surface area (Å²) < 4.78 is 0. The van der Waals surface area contributed by atoms with Crippen molar-refractivity contribution in [2.75, 3.05) is 39.3 Å². The quantitative estimate of drug-likeness (QED) is 0.797. The van der Waals surface area contributed by atoms with Gasteiger partial charge in [-0.2, -0.15) is 5.10 Å². The maximum Gasteiger partial charge on any atom is 0.275 e. The van der Waals surface area contributed by atoms with Crippen molar-refractivity contribution in [2.24, 2.45) is 0 Å². The van der Waals surface area contributed by atoms with Crippen LogP contribution in [0.15, 0.2) is 29.1 Å². The number of nitrogens with one attached hydrogen (secondary N) is 2. The average molecular weight is 357 g/mol. The first kappa shape index (κ1) is 18.1. The van der Waals surface area contributed by atoms with Crippen LogP contribution in [-0.2, 0) is 4.79 Å².